The molecule has 0 atom stereocenters. The predicted octanol–water partition coefficient (Wildman–Crippen LogP) is 4.54. The van der Waals surface area contributed by atoms with Crippen LogP contribution in [-0.2, 0) is 6.61 Å². The Morgan fingerprint density at radius 3 is 2.67 bits per heavy atom. The minimum Gasteiger partial charge on any atom is -0.487 e. The molecule has 24 heavy (non-hydrogen) atoms. The van der Waals surface area contributed by atoms with Gasteiger partial charge in [0.05, 0.1) is 17.6 Å². The quantitative estimate of drug-likeness (QED) is 0.751. The highest BCUT2D eigenvalue weighted by atomic mass is 16.5. The van der Waals surface area contributed by atoms with E-state index in [2.05, 4.69) is 40.1 Å². The Balaban J connectivity index is 1.47. The van der Waals surface area contributed by atoms with Crippen molar-refractivity contribution in [2.75, 3.05) is 0 Å². The van der Waals surface area contributed by atoms with Gasteiger partial charge in [0, 0.05) is 17.7 Å². The van der Waals surface area contributed by atoms with E-state index in [4.69, 9.17) is 4.74 Å². The van der Waals surface area contributed by atoms with Crippen LogP contribution in [0, 0.1) is 13.8 Å². The molecule has 0 saturated heterocycles. The fraction of sp³-hybridized carbons (Fsp3) is 0.300. The van der Waals surface area contributed by atoms with E-state index < -0.39 is 0 Å². The number of hydrogen-bond acceptors (Lipinski definition) is 3. The number of pyridine rings is 1. The van der Waals surface area contributed by atoms with Gasteiger partial charge in [0.1, 0.15) is 18.2 Å². The van der Waals surface area contributed by atoms with Crippen molar-refractivity contribution in [2.45, 2.75) is 39.2 Å². The van der Waals surface area contributed by atoms with Gasteiger partial charge in [0.25, 0.3) is 0 Å². The van der Waals surface area contributed by atoms with Gasteiger partial charge in [0.15, 0.2) is 0 Å². The van der Waals surface area contributed by atoms with Crippen LogP contribution in [0.3, 0.4) is 0 Å². The van der Waals surface area contributed by atoms with Crippen LogP contribution >= 0.6 is 0 Å². The summed E-state index contributed by atoms with van der Waals surface area (Å²) in [6.45, 7) is 4.58. The van der Waals surface area contributed by atoms with Crippen LogP contribution in [0.2, 0.25) is 0 Å². The lowest BCUT2D eigenvalue weighted by atomic mass is 10.1. The highest BCUT2D eigenvalue weighted by molar-refractivity contribution is 5.61. The van der Waals surface area contributed by atoms with Crippen molar-refractivity contribution in [2.24, 2.45) is 0 Å². The highest BCUT2D eigenvalue weighted by Gasteiger charge is 2.26. The second-order valence-electron chi connectivity index (χ2n) is 6.55. The number of benzene rings is 1. The van der Waals surface area contributed by atoms with E-state index >= 15 is 0 Å². The molecule has 2 aromatic heterocycles. The van der Waals surface area contributed by atoms with E-state index in [9.17, 15) is 0 Å². The lowest BCUT2D eigenvalue weighted by Crippen LogP contribution is -1.99. The zero-order chi connectivity index (χ0) is 16.5. The van der Waals surface area contributed by atoms with Crippen molar-refractivity contribution >= 4 is 0 Å². The van der Waals surface area contributed by atoms with Crippen LogP contribution in [0.1, 0.15) is 41.4 Å². The van der Waals surface area contributed by atoms with Gasteiger partial charge >= 0.3 is 0 Å². The molecule has 0 amide bonds. The van der Waals surface area contributed by atoms with Gasteiger partial charge in [0.2, 0.25) is 0 Å². The fourth-order valence-corrected chi connectivity index (χ4v) is 2.76. The first-order chi connectivity index (χ1) is 11.7. The first-order valence-electron chi connectivity index (χ1n) is 8.39. The van der Waals surface area contributed by atoms with Crippen molar-refractivity contribution in [1.82, 2.24) is 15.0 Å². The Labute approximate surface area is 141 Å². The van der Waals surface area contributed by atoms with Crippen LogP contribution in [0.4, 0.5) is 0 Å². The van der Waals surface area contributed by atoms with Crippen molar-refractivity contribution in [3.63, 3.8) is 0 Å². The summed E-state index contributed by atoms with van der Waals surface area (Å²) in [5.74, 6) is 2.65. The summed E-state index contributed by atoms with van der Waals surface area (Å²) < 4.78 is 5.92. The van der Waals surface area contributed by atoms with Crippen molar-refractivity contribution in [3.8, 4) is 17.0 Å². The number of aryl methyl sites for hydroxylation is 2. The average Bonchev–Trinajstić information content (AvgIpc) is 3.32. The SMILES string of the molecule is Cc1ccc(COc2ccc(-c3cnc(C4CC4)[nH]3)cc2C)nc1. The molecule has 4 rings (SSSR count). The van der Waals surface area contributed by atoms with Crippen LogP contribution in [0.15, 0.2) is 42.7 Å². The van der Waals surface area contributed by atoms with Gasteiger partial charge in [-0.05, 0) is 62.1 Å². The molecule has 1 aromatic carbocycles. The van der Waals surface area contributed by atoms with Gasteiger partial charge < -0.3 is 9.72 Å². The van der Waals surface area contributed by atoms with Crippen LogP contribution in [-0.4, -0.2) is 15.0 Å². The second-order valence-corrected chi connectivity index (χ2v) is 6.55. The number of rotatable bonds is 5. The van der Waals surface area contributed by atoms with Gasteiger partial charge in [-0.15, -0.1) is 0 Å². The smallest absolute Gasteiger partial charge is 0.130 e. The summed E-state index contributed by atoms with van der Waals surface area (Å²) in [6, 6.07) is 10.3. The van der Waals surface area contributed by atoms with E-state index in [-0.39, 0.29) is 0 Å². The molecule has 0 bridgehead atoms. The lowest BCUT2D eigenvalue weighted by molar-refractivity contribution is 0.299. The summed E-state index contributed by atoms with van der Waals surface area (Å²) in [5.41, 5.74) is 5.43. The van der Waals surface area contributed by atoms with Crippen LogP contribution in [0.5, 0.6) is 5.75 Å². The number of ether oxygens (including phenoxy) is 1. The van der Waals surface area contributed by atoms with E-state index in [1.165, 1.54) is 12.8 Å². The third-order valence-electron chi connectivity index (χ3n) is 4.39. The van der Waals surface area contributed by atoms with Gasteiger partial charge in [-0.1, -0.05) is 6.07 Å². The molecule has 1 aliphatic carbocycles. The van der Waals surface area contributed by atoms with Crippen molar-refractivity contribution in [3.05, 3.63) is 65.4 Å². The Morgan fingerprint density at radius 1 is 1.08 bits per heavy atom. The molecule has 2 heterocycles. The number of imidazole rings is 1. The Kier molecular flexibility index (Phi) is 3.81. The summed E-state index contributed by atoms with van der Waals surface area (Å²) >= 11 is 0. The largest absolute Gasteiger partial charge is 0.487 e. The molecule has 1 aliphatic rings. The second kappa shape index (κ2) is 6.11. The topological polar surface area (TPSA) is 50.8 Å². The molecule has 0 radical (unpaired) electrons. The van der Waals surface area contributed by atoms with Crippen molar-refractivity contribution in [1.29, 1.82) is 0 Å². The van der Waals surface area contributed by atoms with Crippen molar-refractivity contribution < 1.29 is 4.74 Å². The van der Waals surface area contributed by atoms with Gasteiger partial charge in [-0.3, -0.25) is 4.98 Å². The van der Waals surface area contributed by atoms with Gasteiger partial charge in [-0.2, -0.15) is 0 Å². The van der Waals surface area contributed by atoms with E-state index in [1.807, 2.05) is 31.5 Å². The third-order valence-corrected chi connectivity index (χ3v) is 4.39. The summed E-state index contributed by atoms with van der Waals surface area (Å²) in [6.07, 6.45) is 6.31. The number of nitrogens with one attached hydrogen (secondary N) is 1. The molecule has 4 nitrogen and oxygen atoms in total. The fourth-order valence-electron chi connectivity index (χ4n) is 2.76. The minimum absolute atomic E-state index is 0.482. The average molecular weight is 319 g/mol. The predicted molar refractivity (Wildman–Crippen MR) is 94.0 cm³/mol. The molecule has 1 N–H and O–H groups in total. The molecule has 0 spiro atoms. The zero-order valence-electron chi connectivity index (χ0n) is 14.0. The highest BCUT2D eigenvalue weighted by Crippen LogP contribution is 2.39. The summed E-state index contributed by atoms with van der Waals surface area (Å²) in [5, 5.41) is 0. The molecule has 1 saturated carbocycles. The lowest BCUT2D eigenvalue weighted by Gasteiger charge is -2.10. The molecular weight excluding hydrogens is 298 g/mol. The first kappa shape index (κ1) is 14.9. The number of hydrogen-bond donors (Lipinski definition) is 1. The van der Waals surface area contributed by atoms with Crippen LogP contribution < -0.4 is 4.74 Å². The maximum atomic E-state index is 5.92. The molecule has 0 unspecified atom stereocenters. The number of aromatic amines is 1. The third kappa shape index (κ3) is 3.18. The Morgan fingerprint density at radius 2 is 1.96 bits per heavy atom. The van der Waals surface area contributed by atoms with E-state index in [0.717, 1.165) is 39.7 Å². The van der Waals surface area contributed by atoms with Gasteiger partial charge in [-0.25, -0.2) is 4.98 Å². The Bertz CT molecular complexity index is 848. The minimum atomic E-state index is 0.482. The number of nitrogens with zero attached hydrogens (tertiary/aromatic N) is 2. The molecular formula is C20H21N3O. The standard InChI is InChI=1S/C20H21N3O/c1-13-3-7-17(21-10-13)12-24-19-8-6-16(9-14(19)2)18-11-22-20(23-18)15-4-5-15/h3,6-11,15H,4-5,12H2,1-2H3,(H,22,23). The summed E-state index contributed by atoms with van der Waals surface area (Å²) in [4.78, 5) is 12.3. The monoisotopic (exact) mass is 319 g/mol. The summed E-state index contributed by atoms with van der Waals surface area (Å²) in [7, 11) is 0. The zero-order valence-corrected chi connectivity index (χ0v) is 14.0. The number of H-pyrrole nitrogens is 1. The molecule has 3 aromatic rings. The normalized spacial score (nSPS) is 13.9. The van der Waals surface area contributed by atoms with E-state index in [1.54, 1.807) is 0 Å². The first-order valence-corrected chi connectivity index (χ1v) is 8.39. The molecule has 4 heteroatoms. The molecule has 0 aliphatic heterocycles. The number of aromatic nitrogens is 3. The molecule has 122 valence electrons. The maximum Gasteiger partial charge on any atom is 0.130 e. The Hall–Kier alpha value is -2.62. The van der Waals surface area contributed by atoms with Crippen LogP contribution in [0.25, 0.3) is 11.3 Å². The van der Waals surface area contributed by atoms with E-state index in [0.29, 0.717) is 12.5 Å². The molecule has 1 fully saturated rings. The maximum absolute atomic E-state index is 5.92.